The summed E-state index contributed by atoms with van der Waals surface area (Å²) in [5.74, 6) is -0.105. The third-order valence-corrected chi connectivity index (χ3v) is 2.37. The molecule has 4 nitrogen and oxygen atoms in total. The van der Waals surface area contributed by atoms with Crippen molar-refractivity contribution in [2.45, 2.75) is 31.9 Å². The quantitative estimate of drug-likeness (QED) is 0.604. The van der Waals surface area contributed by atoms with Gasteiger partial charge in [-0.1, -0.05) is 13.3 Å². The smallest absolute Gasteiger partial charge is 0.124 e. The van der Waals surface area contributed by atoms with Gasteiger partial charge in [0.2, 0.25) is 0 Å². The number of hydrogen-bond acceptors (Lipinski definition) is 4. The van der Waals surface area contributed by atoms with Gasteiger partial charge in [0.15, 0.2) is 0 Å². The summed E-state index contributed by atoms with van der Waals surface area (Å²) in [6.07, 6.45) is 0.736. The van der Waals surface area contributed by atoms with Crippen molar-refractivity contribution in [3.05, 3.63) is 23.8 Å². The maximum atomic E-state index is 9.67. The summed E-state index contributed by atoms with van der Waals surface area (Å²) in [5, 5.41) is 28.3. The molecular formula is C11H17NO3. The summed E-state index contributed by atoms with van der Waals surface area (Å²) < 4.78 is 0. The Bertz CT molecular complexity index is 328. The fraction of sp³-hybridized carbons (Fsp3) is 0.455. The molecule has 0 saturated heterocycles. The molecule has 0 aliphatic rings. The molecule has 0 heterocycles. The Balaban J connectivity index is 2.86. The van der Waals surface area contributed by atoms with Crippen molar-refractivity contribution in [2.75, 3.05) is 0 Å². The number of phenols is 2. The average Bonchev–Trinajstić information content (AvgIpc) is 2.17. The Morgan fingerprint density at radius 3 is 2.53 bits per heavy atom. The lowest BCUT2D eigenvalue weighted by Crippen LogP contribution is -2.25. The van der Waals surface area contributed by atoms with Crippen molar-refractivity contribution in [1.29, 1.82) is 0 Å². The summed E-state index contributed by atoms with van der Waals surface area (Å²) in [6, 6.07) is 3.56. The molecule has 0 radical (unpaired) electrons. The molecule has 1 rings (SSSR count). The Hall–Kier alpha value is -1.26. The maximum Gasteiger partial charge on any atom is 0.124 e. The van der Waals surface area contributed by atoms with E-state index in [0.717, 1.165) is 6.42 Å². The van der Waals surface area contributed by atoms with Gasteiger partial charge in [-0.3, -0.25) is 0 Å². The van der Waals surface area contributed by atoms with Crippen LogP contribution in [0.2, 0.25) is 0 Å². The number of phenolic OH excluding ortho intramolecular Hbond substituents is 2. The van der Waals surface area contributed by atoms with E-state index in [1.807, 2.05) is 6.92 Å². The van der Waals surface area contributed by atoms with Gasteiger partial charge in [0.25, 0.3) is 0 Å². The summed E-state index contributed by atoms with van der Waals surface area (Å²) in [5.41, 5.74) is 6.24. The van der Waals surface area contributed by atoms with Crippen molar-refractivity contribution < 1.29 is 15.3 Å². The van der Waals surface area contributed by atoms with E-state index < -0.39 is 12.1 Å². The molecule has 0 spiro atoms. The molecule has 1 aromatic rings. The van der Waals surface area contributed by atoms with E-state index in [9.17, 15) is 10.2 Å². The second-order valence-corrected chi connectivity index (χ2v) is 3.62. The second-order valence-electron chi connectivity index (χ2n) is 3.62. The predicted octanol–water partition coefficient (Wildman–Crippen LogP) is 1.26. The first-order valence-electron chi connectivity index (χ1n) is 5.01. The van der Waals surface area contributed by atoms with Crippen LogP contribution < -0.4 is 5.73 Å². The first kappa shape index (κ1) is 11.8. The molecule has 84 valence electrons. The summed E-state index contributed by atoms with van der Waals surface area (Å²) in [7, 11) is 0. The Morgan fingerprint density at radius 1 is 1.33 bits per heavy atom. The van der Waals surface area contributed by atoms with Crippen LogP contribution in [0.5, 0.6) is 11.5 Å². The zero-order valence-electron chi connectivity index (χ0n) is 8.72. The van der Waals surface area contributed by atoms with Crippen LogP contribution in [0.25, 0.3) is 0 Å². The molecule has 0 aliphatic carbocycles. The molecule has 0 aromatic heterocycles. The largest absolute Gasteiger partial charge is 0.508 e. The summed E-state index contributed by atoms with van der Waals surface area (Å²) in [6.45, 7) is 1.95. The van der Waals surface area contributed by atoms with Gasteiger partial charge in [-0.15, -0.1) is 0 Å². The number of rotatable bonds is 4. The molecule has 0 aliphatic heterocycles. The number of aromatic hydroxyl groups is 2. The molecule has 0 bridgehead atoms. The molecule has 1 aromatic carbocycles. The number of hydrogen-bond donors (Lipinski definition) is 4. The minimum absolute atomic E-state index is 0.0200. The molecule has 5 N–H and O–H groups in total. The van der Waals surface area contributed by atoms with E-state index >= 15 is 0 Å². The van der Waals surface area contributed by atoms with E-state index in [4.69, 9.17) is 10.8 Å². The van der Waals surface area contributed by atoms with E-state index in [1.165, 1.54) is 18.2 Å². The molecule has 4 heteroatoms. The van der Waals surface area contributed by atoms with Crippen LogP contribution in [0.1, 0.15) is 31.4 Å². The van der Waals surface area contributed by atoms with Crippen LogP contribution in [0.3, 0.4) is 0 Å². The fourth-order valence-electron chi connectivity index (χ4n) is 1.50. The number of aliphatic hydroxyl groups excluding tert-OH is 1. The number of benzene rings is 1. The van der Waals surface area contributed by atoms with Gasteiger partial charge >= 0.3 is 0 Å². The van der Waals surface area contributed by atoms with E-state index in [-0.39, 0.29) is 11.5 Å². The van der Waals surface area contributed by atoms with Gasteiger partial charge in [-0.05, 0) is 18.6 Å². The average molecular weight is 211 g/mol. The van der Waals surface area contributed by atoms with Gasteiger partial charge in [0.1, 0.15) is 11.5 Å². The van der Waals surface area contributed by atoms with Gasteiger partial charge in [0.05, 0.1) is 12.1 Å². The van der Waals surface area contributed by atoms with Crippen LogP contribution in [0, 0.1) is 0 Å². The molecule has 0 fully saturated rings. The van der Waals surface area contributed by atoms with Crippen LogP contribution in [-0.2, 0) is 0 Å². The first-order chi connectivity index (χ1) is 7.06. The number of nitrogens with two attached hydrogens (primary N) is 1. The van der Waals surface area contributed by atoms with E-state index in [1.54, 1.807) is 0 Å². The zero-order valence-corrected chi connectivity index (χ0v) is 8.72. The van der Waals surface area contributed by atoms with Crippen LogP contribution in [0.15, 0.2) is 18.2 Å². The topological polar surface area (TPSA) is 86.7 Å². The van der Waals surface area contributed by atoms with E-state index in [2.05, 4.69) is 0 Å². The third kappa shape index (κ3) is 2.84. The minimum Gasteiger partial charge on any atom is -0.508 e. The van der Waals surface area contributed by atoms with Crippen LogP contribution in [-0.4, -0.2) is 21.4 Å². The molecule has 0 unspecified atom stereocenters. The lowest BCUT2D eigenvalue weighted by molar-refractivity contribution is 0.133. The minimum atomic E-state index is -0.676. The molecule has 0 amide bonds. The molecule has 15 heavy (non-hydrogen) atoms. The molecule has 0 saturated carbocycles. The normalized spacial score (nSPS) is 14.9. The van der Waals surface area contributed by atoms with Crippen molar-refractivity contribution in [1.82, 2.24) is 0 Å². The standard InChI is InChI=1S/C11H17NO3/c1-2-3-9(14)11(12)8-5-4-7(13)6-10(8)15/h4-6,9,11,13-15H,2-3,12H2,1H3/t9-,11+/m0/s1. The Morgan fingerprint density at radius 2 is 2.00 bits per heavy atom. The van der Waals surface area contributed by atoms with Gasteiger partial charge in [-0.2, -0.15) is 0 Å². The summed E-state index contributed by atoms with van der Waals surface area (Å²) >= 11 is 0. The van der Waals surface area contributed by atoms with Gasteiger partial charge in [-0.25, -0.2) is 0 Å². The van der Waals surface area contributed by atoms with Crippen molar-refractivity contribution in [3.63, 3.8) is 0 Å². The van der Waals surface area contributed by atoms with Gasteiger partial charge in [0, 0.05) is 11.6 Å². The van der Waals surface area contributed by atoms with Crippen molar-refractivity contribution in [2.24, 2.45) is 5.73 Å². The highest BCUT2D eigenvalue weighted by molar-refractivity contribution is 5.41. The monoisotopic (exact) mass is 211 g/mol. The predicted molar refractivity (Wildman–Crippen MR) is 57.6 cm³/mol. The highest BCUT2D eigenvalue weighted by atomic mass is 16.3. The highest BCUT2D eigenvalue weighted by Gasteiger charge is 2.19. The third-order valence-electron chi connectivity index (χ3n) is 2.37. The second kappa shape index (κ2) is 5.00. The molecule has 2 atom stereocenters. The van der Waals surface area contributed by atoms with Crippen molar-refractivity contribution in [3.8, 4) is 11.5 Å². The van der Waals surface area contributed by atoms with Gasteiger partial charge < -0.3 is 21.1 Å². The first-order valence-corrected chi connectivity index (χ1v) is 5.01. The lowest BCUT2D eigenvalue weighted by atomic mass is 9.98. The molecular weight excluding hydrogens is 194 g/mol. The highest BCUT2D eigenvalue weighted by Crippen LogP contribution is 2.29. The number of aliphatic hydroxyl groups is 1. The SMILES string of the molecule is CCC[C@H](O)[C@H](N)c1ccc(O)cc1O. The van der Waals surface area contributed by atoms with E-state index in [0.29, 0.717) is 12.0 Å². The van der Waals surface area contributed by atoms with Crippen LogP contribution >= 0.6 is 0 Å². The van der Waals surface area contributed by atoms with Crippen molar-refractivity contribution >= 4 is 0 Å². The lowest BCUT2D eigenvalue weighted by Gasteiger charge is -2.19. The Kier molecular flexibility index (Phi) is 3.94. The van der Waals surface area contributed by atoms with Crippen LogP contribution in [0.4, 0.5) is 0 Å². The Labute approximate surface area is 89.0 Å². The fourth-order valence-corrected chi connectivity index (χ4v) is 1.50. The maximum absolute atomic E-state index is 9.67. The zero-order chi connectivity index (χ0) is 11.4. The summed E-state index contributed by atoms with van der Waals surface area (Å²) in [4.78, 5) is 0.